The molecule has 1 N–H and O–H groups in total. The Morgan fingerprint density at radius 2 is 2.46 bits per heavy atom. The molecule has 4 heteroatoms. The summed E-state index contributed by atoms with van der Waals surface area (Å²) in [4.78, 5) is 2.36. The zero-order valence-electron chi connectivity index (χ0n) is 7.32. The van der Waals surface area contributed by atoms with Gasteiger partial charge in [-0.1, -0.05) is 0 Å². The molecule has 1 atom stereocenters. The first-order valence-corrected chi connectivity index (χ1v) is 4.59. The van der Waals surface area contributed by atoms with Gasteiger partial charge >= 0.3 is 0 Å². The summed E-state index contributed by atoms with van der Waals surface area (Å²) >= 11 is 0. The van der Waals surface area contributed by atoms with Gasteiger partial charge in [0.15, 0.2) is 0 Å². The molecule has 0 spiro atoms. The van der Waals surface area contributed by atoms with Gasteiger partial charge in [0.2, 0.25) is 0 Å². The summed E-state index contributed by atoms with van der Waals surface area (Å²) in [7, 11) is 0. The number of anilines is 2. The Morgan fingerprint density at radius 3 is 3.46 bits per heavy atom. The molecule has 1 fully saturated rings. The van der Waals surface area contributed by atoms with Gasteiger partial charge in [-0.05, 0) is 0 Å². The molecule has 0 saturated carbocycles. The number of fused-ring (bicyclic) bond motifs is 3. The molecule has 2 aliphatic heterocycles. The van der Waals surface area contributed by atoms with E-state index in [1.54, 1.807) is 12.5 Å². The zero-order valence-corrected chi connectivity index (χ0v) is 7.32. The van der Waals surface area contributed by atoms with Crippen molar-refractivity contribution in [3.05, 3.63) is 12.5 Å². The third-order valence-corrected chi connectivity index (χ3v) is 2.71. The molecule has 3 heterocycles. The number of nitrogens with one attached hydrogen (secondary N) is 1. The maximum absolute atomic E-state index is 5.42. The van der Waals surface area contributed by atoms with Gasteiger partial charge in [-0.3, -0.25) is 0 Å². The maximum atomic E-state index is 5.42. The van der Waals surface area contributed by atoms with Crippen LogP contribution in [0.2, 0.25) is 0 Å². The van der Waals surface area contributed by atoms with Crippen molar-refractivity contribution in [1.82, 2.24) is 0 Å². The highest BCUT2D eigenvalue weighted by atomic mass is 16.5. The normalized spacial score (nSPS) is 26.2. The van der Waals surface area contributed by atoms with Gasteiger partial charge in [-0.25, -0.2) is 0 Å². The molecule has 3 rings (SSSR count). The second-order valence-electron chi connectivity index (χ2n) is 3.47. The molecule has 1 aromatic heterocycles. The minimum absolute atomic E-state index is 0.471. The Hall–Kier alpha value is -1.16. The molecule has 0 aliphatic carbocycles. The van der Waals surface area contributed by atoms with E-state index in [0.717, 1.165) is 32.0 Å². The summed E-state index contributed by atoms with van der Waals surface area (Å²) in [6.45, 7) is 3.56. The average Bonchev–Trinajstić information content (AvgIpc) is 2.65. The smallest absolute Gasteiger partial charge is 0.116 e. The van der Waals surface area contributed by atoms with Crippen LogP contribution in [0.1, 0.15) is 0 Å². The van der Waals surface area contributed by atoms with E-state index in [0.29, 0.717) is 6.04 Å². The summed E-state index contributed by atoms with van der Waals surface area (Å²) in [5, 5.41) is 3.33. The van der Waals surface area contributed by atoms with Crippen molar-refractivity contribution in [2.75, 3.05) is 36.5 Å². The lowest BCUT2D eigenvalue weighted by molar-refractivity contribution is 0.0964. The van der Waals surface area contributed by atoms with E-state index in [4.69, 9.17) is 9.15 Å². The van der Waals surface area contributed by atoms with Crippen molar-refractivity contribution in [2.24, 2.45) is 0 Å². The lowest BCUT2D eigenvalue weighted by Gasteiger charge is -2.40. The number of hydrogen-bond acceptors (Lipinski definition) is 4. The van der Waals surface area contributed by atoms with Gasteiger partial charge in [0.1, 0.15) is 12.5 Å². The molecule has 0 bridgehead atoms. The van der Waals surface area contributed by atoms with E-state index in [1.165, 1.54) is 5.69 Å². The van der Waals surface area contributed by atoms with Crippen LogP contribution in [0, 0.1) is 0 Å². The van der Waals surface area contributed by atoms with Gasteiger partial charge in [0.25, 0.3) is 0 Å². The van der Waals surface area contributed by atoms with Crippen molar-refractivity contribution >= 4 is 11.4 Å². The third-order valence-electron chi connectivity index (χ3n) is 2.71. The predicted molar refractivity (Wildman–Crippen MR) is 49.2 cm³/mol. The summed E-state index contributed by atoms with van der Waals surface area (Å²) in [5.74, 6) is 0. The van der Waals surface area contributed by atoms with E-state index < -0.39 is 0 Å². The fraction of sp³-hybridized carbons (Fsp3) is 0.556. The molecule has 0 aromatic carbocycles. The first-order chi connectivity index (χ1) is 6.45. The van der Waals surface area contributed by atoms with Gasteiger partial charge in [-0.15, -0.1) is 0 Å². The molecule has 13 heavy (non-hydrogen) atoms. The van der Waals surface area contributed by atoms with Crippen molar-refractivity contribution < 1.29 is 9.15 Å². The number of nitrogens with zero attached hydrogens (tertiary/aromatic N) is 1. The molecule has 1 aromatic rings. The van der Waals surface area contributed by atoms with Crippen molar-refractivity contribution in [2.45, 2.75) is 6.04 Å². The van der Waals surface area contributed by atoms with Crippen LogP contribution < -0.4 is 10.2 Å². The van der Waals surface area contributed by atoms with Crippen LogP contribution in [-0.4, -0.2) is 32.3 Å². The summed E-state index contributed by atoms with van der Waals surface area (Å²) in [6, 6.07) is 0.471. The molecule has 4 nitrogen and oxygen atoms in total. The topological polar surface area (TPSA) is 37.6 Å². The zero-order chi connectivity index (χ0) is 8.67. The Kier molecular flexibility index (Phi) is 1.49. The van der Waals surface area contributed by atoms with E-state index >= 15 is 0 Å². The number of morpholine rings is 1. The fourth-order valence-electron chi connectivity index (χ4n) is 2.01. The summed E-state index contributed by atoms with van der Waals surface area (Å²) < 4.78 is 10.6. The molecule has 1 unspecified atom stereocenters. The van der Waals surface area contributed by atoms with Crippen molar-refractivity contribution in [1.29, 1.82) is 0 Å². The molecule has 1 saturated heterocycles. The second kappa shape index (κ2) is 2.67. The Balaban J connectivity index is 1.97. The summed E-state index contributed by atoms with van der Waals surface area (Å²) in [5.41, 5.74) is 2.29. The van der Waals surface area contributed by atoms with Crippen LogP contribution in [0.3, 0.4) is 0 Å². The molecular weight excluding hydrogens is 168 g/mol. The van der Waals surface area contributed by atoms with Crippen molar-refractivity contribution in [3.63, 3.8) is 0 Å². The van der Waals surface area contributed by atoms with Gasteiger partial charge in [0, 0.05) is 13.1 Å². The van der Waals surface area contributed by atoms with Crippen LogP contribution >= 0.6 is 0 Å². The Bertz CT molecular complexity index is 310. The number of rotatable bonds is 0. The fourth-order valence-corrected chi connectivity index (χ4v) is 2.01. The molecule has 0 radical (unpaired) electrons. The lowest BCUT2D eigenvalue weighted by atomic mass is 10.1. The van der Waals surface area contributed by atoms with Gasteiger partial charge in [0.05, 0.1) is 30.6 Å². The van der Waals surface area contributed by atoms with E-state index in [1.807, 2.05) is 0 Å². The Morgan fingerprint density at radius 1 is 1.46 bits per heavy atom. The van der Waals surface area contributed by atoms with Crippen molar-refractivity contribution in [3.8, 4) is 0 Å². The highest BCUT2D eigenvalue weighted by Crippen LogP contribution is 2.33. The standard InChI is InChI=1S/C9H12N2O2/c1-2-12-4-7-3-10-8-5-13-6-9(8)11(1)7/h5-7,10H,1-4H2. The quantitative estimate of drug-likeness (QED) is 0.644. The largest absolute Gasteiger partial charge is 0.468 e. The number of hydrogen-bond donors (Lipinski definition) is 1. The van der Waals surface area contributed by atoms with E-state index in [2.05, 4.69) is 10.2 Å². The number of furan rings is 1. The maximum Gasteiger partial charge on any atom is 0.116 e. The van der Waals surface area contributed by atoms with Crippen LogP contribution in [0.25, 0.3) is 0 Å². The Labute approximate surface area is 76.5 Å². The SMILES string of the molecule is c1occ2c1NCC1COCCN21. The highest BCUT2D eigenvalue weighted by Gasteiger charge is 2.29. The van der Waals surface area contributed by atoms with E-state index in [-0.39, 0.29) is 0 Å². The monoisotopic (exact) mass is 180 g/mol. The first-order valence-electron chi connectivity index (χ1n) is 4.59. The second-order valence-corrected chi connectivity index (χ2v) is 3.47. The molecule has 0 amide bonds. The van der Waals surface area contributed by atoms with E-state index in [9.17, 15) is 0 Å². The minimum Gasteiger partial charge on any atom is -0.468 e. The predicted octanol–water partition coefficient (Wildman–Crippen LogP) is 0.910. The van der Waals surface area contributed by atoms with Gasteiger partial charge in [-0.2, -0.15) is 0 Å². The average molecular weight is 180 g/mol. The molecular formula is C9H12N2O2. The first kappa shape index (κ1) is 7.26. The summed E-state index contributed by atoms with van der Waals surface area (Å²) in [6.07, 6.45) is 3.57. The third kappa shape index (κ3) is 1.02. The lowest BCUT2D eigenvalue weighted by Crippen LogP contribution is -2.51. The number of ether oxygens (including phenoxy) is 1. The molecule has 2 aliphatic rings. The van der Waals surface area contributed by atoms with Gasteiger partial charge < -0.3 is 19.4 Å². The minimum atomic E-state index is 0.471. The van der Waals surface area contributed by atoms with Crippen LogP contribution in [0.15, 0.2) is 16.9 Å². The van der Waals surface area contributed by atoms with Crippen LogP contribution in [-0.2, 0) is 4.74 Å². The van der Waals surface area contributed by atoms with Crippen LogP contribution in [0.4, 0.5) is 11.4 Å². The highest BCUT2D eigenvalue weighted by molar-refractivity contribution is 5.71. The van der Waals surface area contributed by atoms with Crippen LogP contribution in [0.5, 0.6) is 0 Å². The molecule has 70 valence electrons.